The molecule has 0 radical (unpaired) electrons. The van der Waals surface area contributed by atoms with Crippen LogP contribution in [-0.2, 0) is 31.3 Å². The maximum absolute atomic E-state index is 11.9. The van der Waals surface area contributed by atoms with Gasteiger partial charge in [-0.1, -0.05) is 26.0 Å². The number of hydrogen-bond acceptors (Lipinski definition) is 5. The summed E-state index contributed by atoms with van der Waals surface area (Å²) in [6.07, 6.45) is 1.39. The van der Waals surface area contributed by atoms with E-state index in [0.29, 0.717) is 13.0 Å². The van der Waals surface area contributed by atoms with E-state index in [1.165, 1.54) is 12.1 Å². The number of carbonyl (C=O) groups excluding carboxylic acids is 1. The third-order valence-corrected chi connectivity index (χ3v) is 5.58. The number of rotatable bonds is 9. The van der Waals surface area contributed by atoms with Crippen LogP contribution >= 0.6 is 0 Å². The second-order valence-corrected chi connectivity index (χ2v) is 9.78. The van der Waals surface area contributed by atoms with Crippen LogP contribution in [0.4, 0.5) is 0 Å². The Morgan fingerprint density at radius 3 is 2.16 bits per heavy atom. The van der Waals surface area contributed by atoms with Crippen LogP contribution in [0.3, 0.4) is 0 Å². The van der Waals surface area contributed by atoms with Crippen molar-refractivity contribution in [2.24, 2.45) is 11.1 Å². The van der Waals surface area contributed by atoms with Gasteiger partial charge in [-0.3, -0.25) is 4.79 Å². The fraction of sp³-hybridized carbons (Fsp3) is 0.533. The predicted octanol–water partition coefficient (Wildman–Crippen LogP) is -0.0897. The SMILES string of the molecule is CC(C)CNC(=O)CN(CCc1ccc(S(N)(=O)=O)cc1)S(C)(=O)=O. The Balaban J connectivity index is 2.72. The lowest BCUT2D eigenvalue weighted by atomic mass is 10.1. The van der Waals surface area contributed by atoms with Gasteiger partial charge in [0.05, 0.1) is 17.7 Å². The zero-order valence-corrected chi connectivity index (χ0v) is 16.2. The van der Waals surface area contributed by atoms with Gasteiger partial charge in [0.1, 0.15) is 0 Å². The summed E-state index contributed by atoms with van der Waals surface area (Å²) in [5, 5.41) is 7.71. The van der Waals surface area contributed by atoms with Crippen LogP contribution in [0.1, 0.15) is 19.4 Å². The van der Waals surface area contributed by atoms with E-state index in [0.717, 1.165) is 16.1 Å². The second-order valence-electron chi connectivity index (χ2n) is 6.23. The minimum atomic E-state index is -3.76. The molecule has 1 rings (SSSR count). The first kappa shape index (κ1) is 21.6. The van der Waals surface area contributed by atoms with Gasteiger partial charge in [0.15, 0.2) is 0 Å². The molecule has 0 bridgehead atoms. The summed E-state index contributed by atoms with van der Waals surface area (Å²) in [4.78, 5) is 11.9. The standard InChI is InChI=1S/C15H25N3O5S2/c1-12(2)10-17-15(19)11-18(24(3,20)21)9-8-13-4-6-14(7-5-13)25(16,22)23/h4-7,12H,8-11H2,1-3H3,(H,17,19)(H2,16,22,23). The molecule has 1 aromatic carbocycles. The van der Waals surface area contributed by atoms with E-state index >= 15 is 0 Å². The highest BCUT2D eigenvalue weighted by molar-refractivity contribution is 7.89. The van der Waals surface area contributed by atoms with Gasteiger partial charge in [-0.2, -0.15) is 4.31 Å². The van der Waals surface area contributed by atoms with Crippen molar-refractivity contribution in [2.45, 2.75) is 25.2 Å². The highest BCUT2D eigenvalue weighted by Crippen LogP contribution is 2.10. The number of sulfonamides is 2. The molecule has 0 spiro atoms. The Morgan fingerprint density at radius 1 is 1.16 bits per heavy atom. The van der Waals surface area contributed by atoms with Crippen LogP contribution in [-0.4, -0.2) is 52.9 Å². The number of primary sulfonamides is 1. The summed E-state index contributed by atoms with van der Waals surface area (Å²) in [5.74, 6) is -0.0864. The molecule has 1 aromatic rings. The normalized spacial score (nSPS) is 12.6. The molecule has 0 aromatic heterocycles. The molecular weight excluding hydrogens is 366 g/mol. The van der Waals surface area contributed by atoms with Gasteiger partial charge in [0, 0.05) is 13.1 Å². The molecule has 0 heterocycles. The lowest BCUT2D eigenvalue weighted by Crippen LogP contribution is -2.42. The average Bonchev–Trinajstić information content (AvgIpc) is 2.47. The van der Waals surface area contributed by atoms with Crippen LogP contribution in [0.15, 0.2) is 29.2 Å². The van der Waals surface area contributed by atoms with Gasteiger partial charge < -0.3 is 5.32 Å². The third-order valence-electron chi connectivity index (χ3n) is 3.40. The van der Waals surface area contributed by atoms with Gasteiger partial charge in [-0.05, 0) is 30.0 Å². The Morgan fingerprint density at radius 2 is 1.72 bits per heavy atom. The maximum atomic E-state index is 11.9. The lowest BCUT2D eigenvalue weighted by Gasteiger charge is -2.20. The van der Waals surface area contributed by atoms with Crippen LogP contribution in [0.25, 0.3) is 0 Å². The topological polar surface area (TPSA) is 127 Å². The van der Waals surface area contributed by atoms with Gasteiger partial charge in [0.25, 0.3) is 0 Å². The molecular formula is C15H25N3O5S2. The Labute approximate surface area is 149 Å². The van der Waals surface area contributed by atoms with Crippen molar-refractivity contribution in [3.8, 4) is 0 Å². The second kappa shape index (κ2) is 8.75. The summed E-state index contributed by atoms with van der Waals surface area (Å²) in [6, 6.07) is 5.87. The Kier molecular flexibility index (Phi) is 7.54. The smallest absolute Gasteiger partial charge is 0.238 e. The molecule has 142 valence electrons. The van der Waals surface area contributed by atoms with E-state index in [-0.39, 0.29) is 29.8 Å². The van der Waals surface area contributed by atoms with E-state index in [1.54, 1.807) is 12.1 Å². The van der Waals surface area contributed by atoms with Crippen LogP contribution in [0, 0.1) is 5.92 Å². The van der Waals surface area contributed by atoms with E-state index in [1.807, 2.05) is 13.8 Å². The van der Waals surface area contributed by atoms with Crippen molar-refractivity contribution in [1.82, 2.24) is 9.62 Å². The molecule has 0 saturated heterocycles. The molecule has 0 unspecified atom stereocenters. The number of nitrogens with two attached hydrogens (primary N) is 1. The van der Waals surface area contributed by atoms with Crippen molar-refractivity contribution in [3.05, 3.63) is 29.8 Å². The van der Waals surface area contributed by atoms with E-state index in [4.69, 9.17) is 5.14 Å². The van der Waals surface area contributed by atoms with Crippen molar-refractivity contribution < 1.29 is 21.6 Å². The molecule has 0 aliphatic heterocycles. The zero-order chi connectivity index (χ0) is 19.3. The molecule has 1 amide bonds. The predicted molar refractivity (Wildman–Crippen MR) is 95.8 cm³/mol. The first-order valence-corrected chi connectivity index (χ1v) is 11.1. The van der Waals surface area contributed by atoms with Crippen LogP contribution < -0.4 is 10.5 Å². The number of carbonyl (C=O) groups is 1. The highest BCUT2D eigenvalue weighted by atomic mass is 32.2. The molecule has 0 aliphatic rings. The molecule has 8 nitrogen and oxygen atoms in total. The van der Waals surface area contributed by atoms with Crippen molar-refractivity contribution in [2.75, 3.05) is 25.9 Å². The van der Waals surface area contributed by atoms with Gasteiger partial charge >= 0.3 is 0 Å². The number of hydrogen-bond donors (Lipinski definition) is 2. The maximum Gasteiger partial charge on any atom is 0.238 e. The van der Waals surface area contributed by atoms with Crippen LogP contribution in [0.2, 0.25) is 0 Å². The molecule has 0 fully saturated rings. The lowest BCUT2D eigenvalue weighted by molar-refractivity contribution is -0.121. The molecule has 0 aliphatic carbocycles. The summed E-state index contributed by atoms with van der Waals surface area (Å²) >= 11 is 0. The van der Waals surface area contributed by atoms with Crippen LogP contribution in [0.5, 0.6) is 0 Å². The number of nitrogens with one attached hydrogen (secondary N) is 1. The number of benzene rings is 1. The fourth-order valence-electron chi connectivity index (χ4n) is 2.00. The quantitative estimate of drug-likeness (QED) is 0.608. The highest BCUT2D eigenvalue weighted by Gasteiger charge is 2.20. The van der Waals surface area contributed by atoms with Gasteiger partial charge in [-0.15, -0.1) is 0 Å². The Hall–Kier alpha value is -1.49. The molecule has 0 saturated carbocycles. The van der Waals surface area contributed by atoms with Crippen molar-refractivity contribution in [3.63, 3.8) is 0 Å². The molecule has 0 atom stereocenters. The monoisotopic (exact) mass is 391 g/mol. The van der Waals surface area contributed by atoms with E-state index < -0.39 is 20.0 Å². The largest absolute Gasteiger partial charge is 0.355 e. The summed E-state index contributed by atoms with van der Waals surface area (Å²) in [7, 11) is -7.31. The van der Waals surface area contributed by atoms with Crippen molar-refractivity contribution in [1.29, 1.82) is 0 Å². The average molecular weight is 392 g/mol. The summed E-state index contributed by atoms with van der Waals surface area (Å²) in [5.41, 5.74) is 0.739. The Bertz CT molecular complexity index is 787. The molecule has 10 heteroatoms. The van der Waals surface area contributed by atoms with E-state index in [2.05, 4.69) is 5.32 Å². The van der Waals surface area contributed by atoms with E-state index in [9.17, 15) is 21.6 Å². The molecule has 25 heavy (non-hydrogen) atoms. The summed E-state index contributed by atoms with van der Waals surface area (Å²) < 4.78 is 47.3. The minimum absolute atomic E-state index is 0.00992. The zero-order valence-electron chi connectivity index (χ0n) is 14.6. The minimum Gasteiger partial charge on any atom is -0.355 e. The van der Waals surface area contributed by atoms with Gasteiger partial charge in [0.2, 0.25) is 26.0 Å². The van der Waals surface area contributed by atoms with Crippen molar-refractivity contribution >= 4 is 26.0 Å². The first-order chi connectivity index (χ1) is 11.4. The third kappa shape index (κ3) is 7.95. The number of amides is 1. The molecule has 3 N–H and O–H groups in total. The fourth-order valence-corrected chi connectivity index (χ4v) is 3.29. The van der Waals surface area contributed by atoms with Gasteiger partial charge in [-0.25, -0.2) is 22.0 Å². The number of nitrogens with zero attached hydrogens (tertiary/aromatic N) is 1. The summed E-state index contributed by atoms with van der Waals surface area (Å²) in [6.45, 7) is 4.23. The first-order valence-electron chi connectivity index (χ1n) is 7.73.